The van der Waals surface area contributed by atoms with Crippen molar-refractivity contribution in [1.82, 2.24) is 0 Å². The van der Waals surface area contributed by atoms with Crippen LogP contribution in [0.4, 0.5) is 5.69 Å². The van der Waals surface area contributed by atoms with E-state index in [2.05, 4.69) is 5.32 Å². The summed E-state index contributed by atoms with van der Waals surface area (Å²) < 4.78 is 0. The summed E-state index contributed by atoms with van der Waals surface area (Å²) in [6, 6.07) is 11.6. The Morgan fingerprint density at radius 3 is 2.64 bits per heavy atom. The lowest BCUT2D eigenvalue weighted by Crippen LogP contribution is -2.42. The van der Waals surface area contributed by atoms with Crippen LogP contribution in [0.2, 0.25) is 5.02 Å². The third-order valence-electron chi connectivity index (χ3n) is 4.98. The molecule has 0 saturated heterocycles. The van der Waals surface area contributed by atoms with Gasteiger partial charge < -0.3 is 10.4 Å². The van der Waals surface area contributed by atoms with Crippen molar-refractivity contribution in [3.05, 3.63) is 76.3 Å². The van der Waals surface area contributed by atoms with Gasteiger partial charge >= 0.3 is 5.97 Å². The minimum atomic E-state index is -0.905. The van der Waals surface area contributed by atoms with E-state index in [1.54, 1.807) is 30.3 Å². The Morgan fingerprint density at radius 2 is 1.92 bits per heavy atom. The molecule has 3 atom stereocenters. The van der Waals surface area contributed by atoms with Crippen LogP contribution in [-0.4, -0.2) is 22.9 Å². The average molecular weight is 354 g/mol. The monoisotopic (exact) mass is 353 g/mol. The molecule has 0 bridgehead atoms. The van der Waals surface area contributed by atoms with E-state index in [4.69, 9.17) is 11.6 Å². The zero-order valence-corrected chi connectivity index (χ0v) is 14.0. The molecule has 126 valence electrons. The van der Waals surface area contributed by atoms with Gasteiger partial charge in [0.15, 0.2) is 5.78 Å². The molecule has 1 aliphatic carbocycles. The van der Waals surface area contributed by atoms with Gasteiger partial charge in [-0.3, -0.25) is 4.79 Å². The van der Waals surface area contributed by atoms with Crippen LogP contribution in [0.1, 0.15) is 33.8 Å². The maximum Gasteiger partial charge on any atom is 0.326 e. The molecule has 0 aromatic heterocycles. The number of allylic oxidation sites excluding steroid dienone is 2. The van der Waals surface area contributed by atoms with Crippen molar-refractivity contribution >= 4 is 29.0 Å². The number of fused-ring (bicyclic) bond motifs is 3. The fourth-order valence-corrected chi connectivity index (χ4v) is 4.06. The van der Waals surface area contributed by atoms with Gasteiger partial charge in [0, 0.05) is 33.7 Å². The Hall–Kier alpha value is -2.59. The number of carbonyl (C=O) groups is 2. The third kappa shape index (κ3) is 2.63. The first-order chi connectivity index (χ1) is 12.1. The highest BCUT2D eigenvalue weighted by atomic mass is 35.5. The minimum Gasteiger partial charge on any atom is -0.480 e. The quantitative estimate of drug-likeness (QED) is 0.643. The van der Waals surface area contributed by atoms with Crippen molar-refractivity contribution in [3.8, 4) is 0 Å². The highest BCUT2D eigenvalue weighted by Gasteiger charge is 2.42. The predicted molar refractivity (Wildman–Crippen MR) is 96.4 cm³/mol. The molecule has 2 aromatic carbocycles. The molecule has 2 N–H and O–H groups in total. The first kappa shape index (κ1) is 15.9. The van der Waals surface area contributed by atoms with Gasteiger partial charge in [-0.2, -0.15) is 0 Å². The van der Waals surface area contributed by atoms with E-state index in [0.717, 1.165) is 5.56 Å². The number of carbonyl (C=O) groups excluding carboxylic acids is 1. The summed E-state index contributed by atoms with van der Waals surface area (Å²) in [5, 5.41) is 13.2. The van der Waals surface area contributed by atoms with E-state index in [1.165, 1.54) is 0 Å². The minimum absolute atomic E-state index is 0.0432. The number of aliphatic carboxylic acids is 1. The molecular formula is C20H16ClNO3. The Balaban J connectivity index is 1.87. The van der Waals surface area contributed by atoms with Gasteiger partial charge in [-0.25, -0.2) is 4.79 Å². The summed E-state index contributed by atoms with van der Waals surface area (Å²) in [4.78, 5) is 24.7. The van der Waals surface area contributed by atoms with E-state index in [1.807, 2.05) is 24.3 Å². The van der Waals surface area contributed by atoms with Crippen molar-refractivity contribution in [2.45, 2.75) is 18.4 Å². The van der Waals surface area contributed by atoms with Crippen molar-refractivity contribution in [1.29, 1.82) is 0 Å². The highest BCUT2D eigenvalue weighted by molar-refractivity contribution is 6.31. The van der Waals surface area contributed by atoms with Gasteiger partial charge in [-0.1, -0.05) is 54.1 Å². The SMILES string of the molecule is O=C(c1ccccc1)c1cc(Cl)cc2c1N[C@@H](C(=O)O)[C@H]1CC=C[C@H]21. The largest absolute Gasteiger partial charge is 0.480 e. The van der Waals surface area contributed by atoms with Crippen LogP contribution >= 0.6 is 11.6 Å². The molecule has 4 nitrogen and oxygen atoms in total. The second-order valence-electron chi connectivity index (χ2n) is 6.43. The van der Waals surface area contributed by atoms with Crippen molar-refractivity contribution in [3.63, 3.8) is 0 Å². The van der Waals surface area contributed by atoms with E-state index in [0.29, 0.717) is 28.3 Å². The molecule has 0 fully saturated rings. The van der Waals surface area contributed by atoms with Gasteiger partial charge in [-0.15, -0.1) is 0 Å². The summed E-state index contributed by atoms with van der Waals surface area (Å²) in [5.74, 6) is -1.18. The number of ketones is 1. The lowest BCUT2D eigenvalue weighted by atomic mass is 9.78. The number of carboxylic acids is 1. The number of rotatable bonds is 3. The number of hydrogen-bond acceptors (Lipinski definition) is 3. The maximum absolute atomic E-state index is 13.0. The first-order valence-corrected chi connectivity index (χ1v) is 8.53. The van der Waals surface area contributed by atoms with Gasteiger partial charge in [0.05, 0.1) is 0 Å². The number of halogens is 1. The normalized spacial score (nSPS) is 23.5. The van der Waals surface area contributed by atoms with Gasteiger partial charge in [0.2, 0.25) is 0 Å². The molecule has 0 spiro atoms. The van der Waals surface area contributed by atoms with Crippen LogP contribution in [0.5, 0.6) is 0 Å². The molecule has 2 aliphatic rings. The molecule has 1 aliphatic heterocycles. The Labute approximate surface area is 150 Å². The number of anilines is 1. The van der Waals surface area contributed by atoms with Crippen LogP contribution in [0.3, 0.4) is 0 Å². The Kier molecular flexibility index (Phi) is 3.85. The Bertz CT molecular complexity index is 891. The predicted octanol–water partition coefficient (Wildman–Crippen LogP) is 4.11. The van der Waals surface area contributed by atoms with Crippen molar-refractivity contribution in [2.75, 3.05) is 5.32 Å². The second-order valence-corrected chi connectivity index (χ2v) is 6.86. The van der Waals surface area contributed by atoms with Crippen LogP contribution in [0.15, 0.2) is 54.6 Å². The fourth-order valence-electron chi connectivity index (χ4n) is 3.83. The summed E-state index contributed by atoms with van der Waals surface area (Å²) in [6.07, 6.45) is 4.72. The van der Waals surface area contributed by atoms with E-state index in [-0.39, 0.29) is 17.6 Å². The van der Waals surface area contributed by atoms with Crippen LogP contribution in [0.25, 0.3) is 0 Å². The molecule has 0 amide bonds. The summed E-state index contributed by atoms with van der Waals surface area (Å²) in [7, 11) is 0. The summed E-state index contributed by atoms with van der Waals surface area (Å²) >= 11 is 6.28. The molecule has 2 aromatic rings. The van der Waals surface area contributed by atoms with Gasteiger partial charge in [-0.05, 0) is 24.1 Å². The van der Waals surface area contributed by atoms with Crippen LogP contribution in [0, 0.1) is 5.92 Å². The summed E-state index contributed by atoms with van der Waals surface area (Å²) in [6.45, 7) is 0. The molecule has 1 heterocycles. The molecule has 0 saturated carbocycles. The smallest absolute Gasteiger partial charge is 0.326 e. The van der Waals surface area contributed by atoms with E-state index >= 15 is 0 Å². The molecule has 5 heteroatoms. The van der Waals surface area contributed by atoms with E-state index in [9.17, 15) is 14.7 Å². The zero-order chi connectivity index (χ0) is 17.6. The van der Waals surface area contributed by atoms with Crippen LogP contribution < -0.4 is 5.32 Å². The maximum atomic E-state index is 13.0. The Morgan fingerprint density at radius 1 is 1.16 bits per heavy atom. The van der Waals surface area contributed by atoms with Crippen molar-refractivity contribution < 1.29 is 14.7 Å². The van der Waals surface area contributed by atoms with Gasteiger partial charge in [0.1, 0.15) is 6.04 Å². The van der Waals surface area contributed by atoms with Crippen LogP contribution in [-0.2, 0) is 4.79 Å². The first-order valence-electron chi connectivity index (χ1n) is 8.15. The van der Waals surface area contributed by atoms with E-state index < -0.39 is 12.0 Å². The van der Waals surface area contributed by atoms with Gasteiger partial charge in [0.25, 0.3) is 0 Å². The highest BCUT2D eigenvalue weighted by Crippen LogP contribution is 2.47. The molecule has 25 heavy (non-hydrogen) atoms. The third-order valence-corrected chi connectivity index (χ3v) is 5.20. The molecule has 0 unspecified atom stereocenters. The fraction of sp³-hybridized carbons (Fsp3) is 0.200. The number of carboxylic acid groups (broad SMARTS) is 1. The lowest BCUT2D eigenvalue weighted by Gasteiger charge is -2.35. The second kappa shape index (κ2) is 6.05. The lowest BCUT2D eigenvalue weighted by molar-refractivity contribution is -0.139. The standard InChI is InChI=1S/C20H16ClNO3/c21-12-9-15-13-7-4-8-14(13)18(20(24)25)22-17(15)16(10-12)19(23)11-5-2-1-3-6-11/h1-7,9-10,13-14,18,22H,8H2,(H,24,25)/t13-,14-,18+/m0/s1. The number of hydrogen-bond donors (Lipinski definition) is 2. The topological polar surface area (TPSA) is 66.4 Å². The summed E-state index contributed by atoms with van der Waals surface area (Å²) in [5.41, 5.74) is 2.44. The average Bonchev–Trinajstić information content (AvgIpc) is 3.10. The molecule has 4 rings (SSSR count). The number of benzene rings is 2. The zero-order valence-electron chi connectivity index (χ0n) is 13.3. The van der Waals surface area contributed by atoms with Crippen molar-refractivity contribution in [2.24, 2.45) is 5.92 Å². The molecule has 0 radical (unpaired) electrons. The number of nitrogens with one attached hydrogen (secondary N) is 1. The molecular weight excluding hydrogens is 338 g/mol.